The Kier molecular flexibility index (Phi) is 4.29. The largest absolute Gasteiger partial charge is 0.478 e. The molecular weight excluding hydrogens is 329 g/mol. The number of anilines is 2. The van der Waals surface area contributed by atoms with Crippen molar-refractivity contribution >= 4 is 33.4 Å². The Labute approximate surface area is 123 Å². The molecule has 1 aromatic heterocycles. The van der Waals surface area contributed by atoms with Gasteiger partial charge in [-0.25, -0.2) is 19.2 Å². The summed E-state index contributed by atoms with van der Waals surface area (Å²) >= 11 is 3.24. The molecule has 0 atom stereocenters. The first kappa shape index (κ1) is 14.4. The van der Waals surface area contributed by atoms with E-state index in [2.05, 4.69) is 31.2 Å². The monoisotopic (exact) mass is 339 g/mol. The number of carbonyl (C=O) groups is 1. The molecule has 2 aromatic rings. The lowest BCUT2D eigenvalue weighted by Crippen LogP contribution is -2.04. The third kappa shape index (κ3) is 2.93. The second-order valence-electron chi connectivity index (χ2n) is 3.96. The Morgan fingerprint density at radius 3 is 2.80 bits per heavy atom. The fourth-order valence-electron chi connectivity index (χ4n) is 1.62. The number of rotatable bonds is 4. The molecule has 0 aliphatic rings. The summed E-state index contributed by atoms with van der Waals surface area (Å²) in [5.74, 6) is -1.48. The molecule has 0 saturated heterocycles. The third-order valence-electron chi connectivity index (χ3n) is 2.67. The van der Waals surface area contributed by atoms with Gasteiger partial charge in [-0.3, -0.25) is 0 Å². The van der Waals surface area contributed by atoms with Crippen molar-refractivity contribution in [2.24, 2.45) is 0 Å². The highest BCUT2D eigenvalue weighted by atomic mass is 79.9. The first-order valence-corrected chi connectivity index (χ1v) is 6.61. The number of halogens is 2. The van der Waals surface area contributed by atoms with Crippen molar-refractivity contribution in [3.8, 4) is 0 Å². The minimum Gasteiger partial charge on any atom is -0.478 e. The number of nitrogens with zero attached hydrogens (tertiary/aromatic N) is 2. The van der Waals surface area contributed by atoms with Gasteiger partial charge in [0.2, 0.25) is 0 Å². The van der Waals surface area contributed by atoms with E-state index in [4.69, 9.17) is 5.11 Å². The van der Waals surface area contributed by atoms with E-state index in [-0.39, 0.29) is 11.4 Å². The van der Waals surface area contributed by atoms with Crippen LogP contribution in [-0.2, 0) is 6.42 Å². The van der Waals surface area contributed by atoms with Gasteiger partial charge >= 0.3 is 5.97 Å². The quantitative estimate of drug-likeness (QED) is 0.892. The molecule has 5 nitrogen and oxygen atoms in total. The van der Waals surface area contributed by atoms with Gasteiger partial charge in [-0.15, -0.1) is 0 Å². The van der Waals surface area contributed by atoms with Crippen LogP contribution in [0.1, 0.15) is 23.0 Å². The van der Waals surface area contributed by atoms with Crippen molar-refractivity contribution in [3.05, 3.63) is 46.1 Å². The van der Waals surface area contributed by atoms with Crippen molar-refractivity contribution in [2.45, 2.75) is 13.3 Å². The number of aromatic carboxylic acids is 1. The molecule has 104 valence electrons. The number of carboxylic acid groups (broad SMARTS) is 1. The molecular formula is C13H11BrFN3O2. The summed E-state index contributed by atoms with van der Waals surface area (Å²) in [6.07, 6.45) is 1.74. The maximum atomic E-state index is 14.0. The minimum absolute atomic E-state index is 0.0561. The van der Waals surface area contributed by atoms with Crippen LogP contribution in [0.4, 0.5) is 15.9 Å². The maximum Gasteiger partial charge on any atom is 0.335 e. The second kappa shape index (κ2) is 5.96. The van der Waals surface area contributed by atoms with Gasteiger partial charge in [0, 0.05) is 4.47 Å². The van der Waals surface area contributed by atoms with Crippen LogP contribution in [0.15, 0.2) is 29.0 Å². The van der Waals surface area contributed by atoms with Gasteiger partial charge in [0.1, 0.15) is 6.33 Å². The zero-order chi connectivity index (χ0) is 14.7. The van der Waals surface area contributed by atoms with Crippen molar-refractivity contribution in [2.75, 3.05) is 5.32 Å². The summed E-state index contributed by atoms with van der Waals surface area (Å²) < 4.78 is 14.5. The van der Waals surface area contributed by atoms with Gasteiger partial charge in [0.15, 0.2) is 11.6 Å². The first-order chi connectivity index (χ1) is 9.52. The number of benzene rings is 1. The standard InChI is InChI=1S/C13H11BrFN3O2/c1-2-9-11(15)12(17-6-16-9)18-10-4-3-7(13(19)20)5-8(10)14/h3-6H,2H2,1H3,(H,19,20)(H,16,17,18). The molecule has 2 rings (SSSR count). The number of hydrogen-bond acceptors (Lipinski definition) is 4. The molecule has 7 heteroatoms. The molecule has 1 aromatic carbocycles. The topological polar surface area (TPSA) is 75.1 Å². The lowest BCUT2D eigenvalue weighted by atomic mass is 10.2. The average molecular weight is 340 g/mol. The van der Waals surface area contributed by atoms with E-state index in [0.29, 0.717) is 22.3 Å². The van der Waals surface area contributed by atoms with E-state index >= 15 is 0 Å². The third-order valence-corrected chi connectivity index (χ3v) is 3.32. The molecule has 2 N–H and O–H groups in total. The molecule has 0 unspecified atom stereocenters. The summed E-state index contributed by atoms with van der Waals surface area (Å²) in [6.45, 7) is 1.80. The highest BCUT2D eigenvalue weighted by molar-refractivity contribution is 9.10. The Bertz CT molecular complexity index is 664. The average Bonchev–Trinajstić information content (AvgIpc) is 2.43. The highest BCUT2D eigenvalue weighted by Crippen LogP contribution is 2.27. The lowest BCUT2D eigenvalue weighted by Gasteiger charge is -2.10. The zero-order valence-electron chi connectivity index (χ0n) is 10.5. The van der Waals surface area contributed by atoms with Crippen LogP contribution in [0, 0.1) is 5.82 Å². The summed E-state index contributed by atoms with van der Waals surface area (Å²) in [7, 11) is 0. The van der Waals surface area contributed by atoms with Crippen LogP contribution in [0.5, 0.6) is 0 Å². The lowest BCUT2D eigenvalue weighted by molar-refractivity contribution is 0.0697. The van der Waals surface area contributed by atoms with E-state index in [0.717, 1.165) is 0 Å². The number of carboxylic acids is 1. The molecule has 0 aliphatic carbocycles. The summed E-state index contributed by atoms with van der Waals surface area (Å²) in [6, 6.07) is 4.40. The van der Waals surface area contributed by atoms with Crippen molar-refractivity contribution in [1.29, 1.82) is 0 Å². The zero-order valence-corrected chi connectivity index (χ0v) is 12.1. The molecule has 0 spiro atoms. The predicted octanol–water partition coefficient (Wildman–Crippen LogP) is 3.38. The van der Waals surface area contributed by atoms with E-state index in [1.807, 2.05) is 0 Å². The number of aryl methyl sites for hydroxylation is 1. The van der Waals surface area contributed by atoms with Crippen LogP contribution in [0.2, 0.25) is 0 Å². The van der Waals surface area contributed by atoms with Gasteiger partial charge in [-0.05, 0) is 40.5 Å². The summed E-state index contributed by atoms with van der Waals surface area (Å²) in [5.41, 5.74) is 0.982. The van der Waals surface area contributed by atoms with Crippen LogP contribution in [-0.4, -0.2) is 21.0 Å². The predicted molar refractivity (Wildman–Crippen MR) is 75.8 cm³/mol. The van der Waals surface area contributed by atoms with Gasteiger partial charge in [0.25, 0.3) is 0 Å². The van der Waals surface area contributed by atoms with Crippen LogP contribution >= 0.6 is 15.9 Å². The smallest absolute Gasteiger partial charge is 0.335 e. The van der Waals surface area contributed by atoms with Crippen LogP contribution < -0.4 is 5.32 Å². The van der Waals surface area contributed by atoms with Gasteiger partial charge in [-0.2, -0.15) is 0 Å². The number of nitrogens with one attached hydrogen (secondary N) is 1. The molecule has 0 aliphatic heterocycles. The summed E-state index contributed by atoms with van der Waals surface area (Å²) in [4.78, 5) is 18.5. The Hall–Kier alpha value is -2.02. The van der Waals surface area contributed by atoms with Crippen LogP contribution in [0.3, 0.4) is 0 Å². The molecule has 20 heavy (non-hydrogen) atoms. The molecule has 0 amide bonds. The normalized spacial score (nSPS) is 10.3. The van der Waals surface area contributed by atoms with Crippen LogP contribution in [0.25, 0.3) is 0 Å². The van der Waals surface area contributed by atoms with E-state index in [9.17, 15) is 9.18 Å². The van der Waals surface area contributed by atoms with Crippen molar-refractivity contribution in [3.63, 3.8) is 0 Å². The van der Waals surface area contributed by atoms with E-state index in [1.54, 1.807) is 13.0 Å². The molecule has 0 saturated carbocycles. The first-order valence-electron chi connectivity index (χ1n) is 5.82. The van der Waals surface area contributed by atoms with Gasteiger partial charge < -0.3 is 10.4 Å². The summed E-state index contributed by atoms with van der Waals surface area (Å²) in [5, 5.41) is 11.7. The molecule has 0 radical (unpaired) electrons. The highest BCUT2D eigenvalue weighted by Gasteiger charge is 2.12. The molecule has 0 fully saturated rings. The maximum absolute atomic E-state index is 14.0. The van der Waals surface area contributed by atoms with Gasteiger partial charge in [0.05, 0.1) is 16.9 Å². The van der Waals surface area contributed by atoms with Gasteiger partial charge in [-0.1, -0.05) is 6.92 Å². The Balaban J connectivity index is 2.33. The Morgan fingerprint density at radius 1 is 1.45 bits per heavy atom. The van der Waals surface area contributed by atoms with Crippen molar-refractivity contribution < 1.29 is 14.3 Å². The SMILES string of the molecule is CCc1ncnc(Nc2ccc(C(=O)O)cc2Br)c1F. The van der Waals surface area contributed by atoms with E-state index < -0.39 is 11.8 Å². The Morgan fingerprint density at radius 2 is 2.20 bits per heavy atom. The molecule has 1 heterocycles. The number of hydrogen-bond donors (Lipinski definition) is 2. The fourth-order valence-corrected chi connectivity index (χ4v) is 2.09. The minimum atomic E-state index is -1.03. The van der Waals surface area contributed by atoms with E-state index in [1.165, 1.54) is 18.5 Å². The second-order valence-corrected chi connectivity index (χ2v) is 4.82. The van der Waals surface area contributed by atoms with Crippen molar-refractivity contribution in [1.82, 2.24) is 9.97 Å². The molecule has 0 bridgehead atoms. The fraction of sp³-hybridized carbons (Fsp3) is 0.154. The number of aromatic nitrogens is 2.